The highest BCUT2D eigenvalue weighted by molar-refractivity contribution is 5.98. The van der Waals surface area contributed by atoms with Crippen molar-refractivity contribution in [3.05, 3.63) is 59.7 Å². The molecule has 0 fully saturated rings. The molecule has 0 saturated heterocycles. The van der Waals surface area contributed by atoms with Crippen molar-refractivity contribution in [3.63, 3.8) is 0 Å². The standard InChI is InChI=1S/C16H18N4O2/c1-2-6-19-15(21)13-5-8-18-14(9-13)16(22)20-11-12-4-3-7-17-10-12/h3-5,7-10H,2,6,11H2,1H3,(H,19,21)(H,20,22). The van der Waals surface area contributed by atoms with E-state index in [1.165, 1.54) is 12.3 Å². The molecule has 2 N–H and O–H groups in total. The van der Waals surface area contributed by atoms with Gasteiger partial charge in [0.2, 0.25) is 0 Å². The van der Waals surface area contributed by atoms with E-state index in [1.807, 2.05) is 13.0 Å². The number of amides is 2. The van der Waals surface area contributed by atoms with Crippen molar-refractivity contribution in [2.45, 2.75) is 19.9 Å². The summed E-state index contributed by atoms with van der Waals surface area (Å²) in [6, 6.07) is 6.75. The van der Waals surface area contributed by atoms with Gasteiger partial charge in [0.25, 0.3) is 11.8 Å². The first kappa shape index (κ1) is 15.6. The summed E-state index contributed by atoms with van der Waals surface area (Å²) in [5.41, 5.74) is 1.54. The average molecular weight is 298 g/mol. The second kappa shape index (κ2) is 7.87. The molecule has 114 valence electrons. The molecule has 6 heteroatoms. The smallest absolute Gasteiger partial charge is 0.270 e. The van der Waals surface area contributed by atoms with Crippen LogP contribution in [0.3, 0.4) is 0 Å². The van der Waals surface area contributed by atoms with Gasteiger partial charge in [0.1, 0.15) is 5.69 Å². The SMILES string of the molecule is CCCNC(=O)c1ccnc(C(=O)NCc2cccnc2)c1. The minimum atomic E-state index is -0.325. The van der Waals surface area contributed by atoms with Gasteiger partial charge in [-0.3, -0.25) is 19.6 Å². The highest BCUT2D eigenvalue weighted by Crippen LogP contribution is 2.03. The normalized spacial score (nSPS) is 10.0. The number of nitrogens with one attached hydrogen (secondary N) is 2. The predicted molar refractivity (Wildman–Crippen MR) is 82.3 cm³/mol. The Morgan fingerprint density at radius 2 is 2.00 bits per heavy atom. The van der Waals surface area contributed by atoms with Crippen LogP contribution >= 0.6 is 0 Å². The van der Waals surface area contributed by atoms with Crippen LogP contribution in [0.4, 0.5) is 0 Å². The number of hydrogen-bond donors (Lipinski definition) is 2. The maximum absolute atomic E-state index is 12.1. The Hall–Kier alpha value is -2.76. The molecule has 22 heavy (non-hydrogen) atoms. The summed E-state index contributed by atoms with van der Waals surface area (Å²) >= 11 is 0. The van der Waals surface area contributed by atoms with E-state index in [2.05, 4.69) is 20.6 Å². The first-order valence-corrected chi connectivity index (χ1v) is 7.12. The van der Waals surface area contributed by atoms with Gasteiger partial charge in [-0.15, -0.1) is 0 Å². The van der Waals surface area contributed by atoms with Crippen molar-refractivity contribution in [2.24, 2.45) is 0 Å². The summed E-state index contributed by atoms with van der Waals surface area (Å²) in [6.45, 7) is 2.94. The van der Waals surface area contributed by atoms with Crippen LogP contribution in [0.2, 0.25) is 0 Å². The fraction of sp³-hybridized carbons (Fsp3) is 0.250. The molecule has 2 amide bonds. The van der Waals surface area contributed by atoms with Crippen molar-refractivity contribution in [1.82, 2.24) is 20.6 Å². The van der Waals surface area contributed by atoms with Gasteiger partial charge >= 0.3 is 0 Å². The van der Waals surface area contributed by atoms with Crippen LogP contribution in [-0.2, 0) is 6.54 Å². The maximum atomic E-state index is 12.1. The average Bonchev–Trinajstić information content (AvgIpc) is 2.58. The second-order valence-corrected chi connectivity index (χ2v) is 4.73. The minimum Gasteiger partial charge on any atom is -0.352 e. The molecular formula is C16H18N4O2. The molecular weight excluding hydrogens is 280 g/mol. The lowest BCUT2D eigenvalue weighted by molar-refractivity contribution is 0.0946. The van der Waals surface area contributed by atoms with Gasteiger partial charge in [0.15, 0.2) is 0 Å². The minimum absolute atomic E-state index is 0.203. The zero-order valence-corrected chi connectivity index (χ0v) is 12.4. The zero-order valence-electron chi connectivity index (χ0n) is 12.4. The van der Waals surface area contributed by atoms with E-state index < -0.39 is 0 Å². The summed E-state index contributed by atoms with van der Waals surface area (Å²) < 4.78 is 0. The molecule has 6 nitrogen and oxygen atoms in total. The highest BCUT2D eigenvalue weighted by atomic mass is 16.2. The van der Waals surface area contributed by atoms with Crippen molar-refractivity contribution in [3.8, 4) is 0 Å². The van der Waals surface area contributed by atoms with Gasteiger partial charge in [-0.05, 0) is 30.2 Å². The summed E-state index contributed by atoms with van der Waals surface area (Å²) in [7, 11) is 0. The van der Waals surface area contributed by atoms with Crippen LogP contribution in [0.25, 0.3) is 0 Å². The van der Waals surface area contributed by atoms with Crippen molar-refractivity contribution >= 4 is 11.8 Å². The predicted octanol–water partition coefficient (Wildman–Crippen LogP) is 1.55. The molecule has 0 radical (unpaired) electrons. The Morgan fingerprint density at radius 1 is 1.14 bits per heavy atom. The largest absolute Gasteiger partial charge is 0.352 e. The van der Waals surface area contributed by atoms with Crippen molar-refractivity contribution < 1.29 is 9.59 Å². The first-order valence-electron chi connectivity index (χ1n) is 7.12. The number of pyridine rings is 2. The lowest BCUT2D eigenvalue weighted by Crippen LogP contribution is -2.26. The van der Waals surface area contributed by atoms with Crippen LogP contribution in [0, 0.1) is 0 Å². The van der Waals surface area contributed by atoms with E-state index in [-0.39, 0.29) is 17.5 Å². The van der Waals surface area contributed by atoms with Crippen LogP contribution in [-0.4, -0.2) is 28.3 Å². The highest BCUT2D eigenvalue weighted by Gasteiger charge is 2.11. The number of rotatable bonds is 6. The van der Waals surface area contributed by atoms with Gasteiger partial charge in [-0.2, -0.15) is 0 Å². The number of hydrogen-bond acceptors (Lipinski definition) is 4. The van der Waals surface area contributed by atoms with Gasteiger partial charge < -0.3 is 10.6 Å². The monoisotopic (exact) mass is 298 g/mol. The fourth-order valence-electron chi connectivity index (χ4n) is 1.81. The molecule has 0 atom stereocenters. The number of aromatic nitrogens is 2. The van der Waals surface area contributed by atoms with E-state index in [0.717, 1.165) is 12.0 Å². The molecule has 0 aliphatic rings. The van der Waals surface area contributed by atoms with Gasteiger partial charge in [-0.25, -0.2) is 0 Å². The number of carbonyl (C=O) groups is 2. The topological polar surface area (TPSA) is 84.0 Å². The summed E-state index contributed by atoms with van der Waals surface area (Å²) in [6.07, 6.45) is 5.67. The molecule has 2 aromatic heterocycles. The van der Waals surface area contributed by atoms with Crippen LogP contribution in [0.15, 0.2) is 42.9 Å². The molecule has 2 rings (SSSR count). The van der Waals surface area contributed by atoms with E-state index in [4.69, 9.17) is 0 Å². The molecule has 0 aromatic carbocycles. The molecule has 0 aliphatic heterocycles. The van der Waals surface area contributed by atoms with E-state index in [9.17, 15) is 9.59 Å². The fourth-order valence-corrected chi connectivity index (χ4v) is 1.81. The van der Waals surface area contributed by atoms with Gasteiger partial charge in [0, 0.05) is 37.2 Å². The van der Waals surface area contributed by atoms with Crippen LogP contribution in [0.1, 0.15) is 39.8 Å². The van der Waals surface area contributed by atoms with E-state index in [1.54, 1.807) is 24.5 Å². The summed E-state index contributed by atoms with van der Waals surface area (Å²) in [4.78, 5) is 31.9. The molecule has 0 unspecified atom stereocenters. The number of nitrogens with zero attached hydrogens (tertiary/aromatic N) is 2. The Labute approximate surface area is 129 Å². The molecule has 2 heterocycles. The van der Waals surface area contributed by atoms with Gasteiger partial charge in [0.05, 0.1) is 0 Å². The Bertz CT molecular complexity index is 644. The Balaban J connectivity index is 1.99. The number of carbonyl (C=O) groups excluding carboxylic acids is 2. The van der Waals surface area contributed by atoms with Gasteiger partial charge in [-0.1, -0.05) is 13.0 Å². The first-order chi connectivity index (χ1) is 10.7. The maximum Gasteiger partial charge on any atom is 0.270 e. The molecule has 2 aromatic rings. The quantitative estimate of drug-likeness (QED) is 0.847. The van der Waals surface area contributed by atoms with Crippen LogP contribution in [0.5, 0.6) is 0 Å². The summed E-state index contributed by atoms with van der Waals surface area (Å²) in [5, 5.41) is 5.52. The summed E-state index contributed by atoms with van der Waals surface area (Å²) in [5.74, 6) is -0.528. The van der Waals surface area contributed by atoms with E-state index >= 15 is 0 Å². The molecule has 0 aliphatic carbocycles. The third-order valence-corrected chi connectivity index (χ3v) is 2.97. The lowest BCUT2D eigenvalue weighted by Gasteiger charge is -2.07. The molecule has 0 spiro atoms. The Morgan fingerprint density at radius 3 is 2.73 bits per heavy atom. The van der Waals surface area contributed by atoms with Crippen LogP contribution < -0.4 is 10.6 Å². The Kier molecular flexibility index (Phi) is 5.59. The van der Waals surface area contributed by atoms with Crippen molar-refractivity contribution in [2.75, 3.05) is 6.54 Å². The molecule has 0 bridgehead atoms. The van der Waals surface area contributed by atoms with Crippen molar-refractivity contribution in [1.29, 1.82) is 0 Å². The van der Waals surface area contributed by atoms with E-state index in [0.29, 0.717) is 18.7 Å². The molecule has 0 saturated carbocycles. The zero-order chi connectivity index (χ0) is 15.8. The third kappa shape index (κ3) is 4.37. The third-order valence-electron chi connectivity index (χ3n) is 2.97. The lowest BCUT2D eigenvalue weighted by atomic mass is 10.2. The second-order valence-electron chi connectivity index (χ2n) is 4.73.